The molecule has 230 valence electrons. The lowest BCUT2D eigenvalue weighted by Gasteiger charge is -2.41. The molecule has 43 heavy (non-hydrogen) atoms. The van der Waals surface area contributed by atoms with E-state index in [2.05, 4.69) is 10.3 Å². The number of carbonyl (C=O) groups is 3. The second kappa shape index (κ2) is 14.7. The number of methoxy groups -OCH3 is 1. The summed E-state index contributed by atoms with van der Waals surface area (Å²) in [5, 5.41) is 0.895. The summed E-state index contributed by atoms with van der Waals surface area (Å²) in [7, 11) is 1.25. The Balaban J connectivity index is 2.23. The van der Waals surface area contributed by atoms with Gasteiger partial charge in [0.2, 0.25) is 0 Å². The first-order valence-electron chi connectivity index (χ1n) is 14.2. The highest BCUT2D eigenvalue weighted by molar-refractivity contribution is 5.84. The maximum Gasteiger partial charge on any atom is 0.430 e. The maximum absolute atomic E-state index is 13.8. The largest absolute Gasteiger partial charge is 0.467 e. The van der Waals surface area contributed by atoms with E-state index in [-0.39, 0.29) is 0 Å². The summed E-state index contributed by atoms with van der Waals surface area (Å²) in [4.78, 5) is 42.8. The van der Waals surface area contributed by atoms with Crippen molar-refractivity contribution in [1.82, 2.24) is 15.3 Å². The standard InChI is InChI=1S/C34H43N3O6/c1-33(2,3)42-31(39)35-37(32(40)43-34(4,5)6)29(30(38)41-7)28(27-21-15-10-16-22-27)36(23-25-17-11-8-12-18-25)24-26-19-13-9-14-20-26/h8-22,28-29H,23-24H2,1-7H3,(H,35,39)/t28-,29-/m0/s1. The zero-order valence-corrected chi connectivity index (χ0v) is 26.1. The van der Waals surface area contributed by atoms with E-state index in [0.29, 0.717) is 13.1 Å². The summed E-state index contributed by atoms with van der Waals surface area (Å²) < 4.78 is 16.5. The fraction of sp³-hybridized carbons (Fsp3) is 0.382. The van der Waals surface area contributed by atoms with Crippen molar-refractivity contribution in [3.63, 3.8) is 0 Å². The Morgan fingerprint density at radius 1 is 0.698 bits per heavy atom. The quantitative estimate of drug-likeness (QED) is 0.170. The molecule has 3 aromatic carbocycles. The zero-order valence-electron chi connectivity index (χ0n) is 26.1. The molecule has 0 bridgehead atoms. The Hall–Kier alpha value is -4.37. The second-order valence-corrected chi connectivity index (χ2v) is 12.2. The molecule has 1 N–H and O–H groups in total. The molecule has 2 atom stereocenters. The molecule has 0 saturated heterocycles. The molecule has 2 amide bonds. The minimum Gasteiger partial charge on any atom is -0.467 e. The Morgan fingerprint density at radius 2 is 1.14 bits per heavy atom. The van der Waals surface area contributed by atoms with Gasteiger partial charge < -0.3 is 14.2 Å². The molecule has 3 aromatic rings. The Bertz CT molecular complexity index is 1280. The molecule has 9 heteroatoms. The van der Waals surface area contributed by atoms with Crippen LogP contribution in [-0.2, 0) is 32.1 Å². The molecule has 3 rings (SSSR count). The first kappa shape index (κ1) is 33.1. The van der Waals surface area contributed by atoms with Crippen LogP contribution in [0.2, 0.25) is 0 Å². The lowest BCUT2D eigenvalue weighted by Crippen LogP contribution is -2.60. The average Bonchev–Trinajstić information content (AvgIpc) is 2.94. The molecule has 0 spiro atoms. The normalized spacial score (nSPS) is 13.0. The molecule has 9 nitrogen and oxygen atoms in total. The van der Waals surface area contributed by atoms with E-state index in [1.165, 1.54) is 7.11 Å². The third-order valence-corrected chi connectivity index (χ3v) is 6.21. The Morgan fingerprint density at radius 3 is 1.56 bits per heavy atom. The minimum atomic E-state index is -1.37. The van der Waals surface area contributed by atoms with Crippen molar-refractivity contribution in [1.29, 1.82) is 0 Å². The van der Waals surface area contributed by atoms with Gasteiger partial charge >= 0.3 is 18.2 Å². The van der Waals surface area contributed by atoms with E-state index in [1.54, 1.807) is 41.5 Å². The number of nitrogens with one attached hydrogen (secondary N) is 1. The number of esters is 1. The number of hydrazine groups is 1. The van der Waals surface area contributed by atoms with Gasteiger partial charge in [0, 0.05) is 13.1 Å². The van der Waals surface area contributed by atoms with Crippen LogP contribution in [0.4, 0.5) is 9.59 Å². The van der Waals surface area contributed by atoms with Crippen LogP contribution in [0.25, 0.3) is 0 Å². The predicted octanol–water partition coefficient (Wildman–Crippen LogP) is 6.65. The highest BCUT2D eigenvalue weighted by Gasteiger charge is 2.44. The van der Waals surface area contributed by atoms with Gasteiger partial charge in [-0.1, -0.05) is 91.0 Å². The summed E-state index contributed by atoms with van der Waals surface area (Å²) in [6, 6.07) is 26.8. The number of rotatable bonds is 9. The lowest BCUT2D eigenvalue weighted by molar-refractivity contribution is -0.152. The molecule has 0 heterocycles. The van der Waals surface area contributed by atoms with E-state index < -0.39 is 41.4 Å². The third-order valence-electron chi connectivity index (χ3n) is 6.21. The lowest BCUT2D eigenvalue weighted by atomic mass is 9.95. The second-order valence-electron chi connectivity index (χ2n) is 12.2. The van der Waals surface area contributed by atoms with Gasteiger partial charge in [-0.2, -0.15) is 5.01 Å². The molecular formula is C34H43N3O6. The van der Waals surface area contributed by atoms with Gasteiger partial charge in [0.1, 0.15) is 11.2 Å². The van der Waals surface area contributed by atoms with Gasteiger partial charge in [0.15, 0.2) is 6.04 Å². The van der Waals surface area contributed by atoms with E-state index in [0.717, 1.165) is 21.7 Å². The number of nitrogens with zero attached hydrogens (tertiary/aromatic N) is 2. The van der Waals surface area contributed by atoms with Crippen molar-refractivity contribution >= 4 is 18.2 Å². The topological polar surface area (TPSA) is 97.4 Å². The van der Waals surface area contributed by atoms with Gasteiger partial charge in [-0.15, -0.1) is 0 Å². The maximum atomic E-state index is 13.8. The van der Waals surface area contributed by atoms with Crippen molar-refractivity contribution in [3.8, 4) is 0 Å². The van der Waals surface area contributed by atoms with E-state index in [1.807, 2.05) is 91.0 Å². The van der Waals surface area contributed by atoms with Crippen molar-refractivity contribution in [2.45, 2.75) is 77.9 Å². The van der Waals surface area contributed by atoms with Crippen LogP contribution < -0.4 is 5.43 Å². The van der Waals surface area contributed by atoms with Crippen LogP contribution >= 0.6 is 0 Å². The van der Waals surface area contributed by atoms with Crippen molar-refractivity contribution in [3.05, 3.63) is 108 Å². The average molecular weight is 590 g/mol. The molecule has 0 unspecified atom stereocenters. The fourth-order valence-corrected chi connectivity index (χ4v) is 4.57. The smallest absolute Gasteiger partial charge is 0.430 e. The van der Waals surface area contributed by atoms with Crippen LogP contribution in [0.15, 0.2) is 91.0 Å². The van der Waals surface area contributed by atoms with Crippen LogP contribution in [0, 0.1) is 0 Å². The van der Waals surface area contributed by atoms with Crippen molar-refractivity contribution < 1.29 is 28.6 Å². The molecule has 0 aliphatic rings. The first-order chi connectivity index (χ1) is 20.3. The zero-order chi connectivity index (χ0) is 31.6. The fourth-order valence-electron chi connectivity index (χ4n) is 4.57. The summed E-state index contributed by atoms with van der Waals surface area (Å²) in [6.45, 7) is 11.1. The molecule has 0 fully saturated rings. The highest BCUT2D eigenvalue weighted by Crippen LogP contribution is 2.32. The van der Waals surface area contributed by atoms with Gasteiger partial charge in [-0.05, 0) is 58.2 Å². The van der Waals surface area contributed by atoms with Crippen LogP contribution in [0.1, 0.15) is 64.3 Å². The number of carbonyl (C=O) groups excluding carboxylic acids is 3. The van der Waals surface area contributed by atoms with Gasteiger partial charge in [0.05, 0.1) is 13.2 Å². The van der Waals surface area contributed by atoms with Gasteiger partial charge in [-0.3, -0.25) is 4.90 Å². The van der Waals surface area contributed by atoms with Crippen molar-refractivity contribution in [2.75, 3.05) is 7.11 Å². The number of benzene rings is 3. The SMILES string of the molecule is COC(=O)[C@H]([C@H](c1ccccc1)N(Cc1ccccc1)Cc1ccccc1)N(NC(=O)OC(C)(C)C)C(=O)OC(C)(C)C. The number of amides is 2. The van der Waals surface area contributed by atoms with Gasteiger partial charge in [-0.25, -0.2) is 19.8 Å². The number of hydrogen-bond donors (Lipinski definition) is 1. The summed E-state index contributed by atoms with van der Waals surface area (Å²) in [5.74, 6) is -0.748. The Labute approximate surface area is 254 Å². The molecule has 0 radical (unpaired) electrons. The summed E-state index contributed by atoms with van der Waals surface area (Å²) in [5.41, 5.74) is 3.43. The molecule has 0 aliphatic carbocycles. The summed E-state index contributed by atoms with van der Waals surface area (Å²) in [6.07, 6.45) is -1.86. The van der Waals surface area contributed by atoms with Crippen molar-refractivity contribution in [2.24, 2.45) is 0 Å². The molecule has 0 saturated carbocycles. The number of ether oxygens (including phenoxy) is 3. The molecular weight excluding hydrogens is 546 g/mol. The minimum absolute atomic E-state index is 0.414. The predicted molar refractivity (Wildman–Crippen MR) is 165 cm³/mol. The van der Waals surface area contributed by atoms with Crippen LogP contribution in [-0.4, -0.2) is 52.4 Å². The van der Waals surface area contributed by atoms with Gasteiger partial charge in [0.25, 0.3) is 0 Å². The van der Waals surface area contributed by atoms with E-state index in [4.69, 9.17) is 14.2 Å². The Kier molecular flexibility index (Phi) is 11.3. The summed E-state index contributed by atoms with van der Waals surface area (Å²) >= 11 is 0. The highest BCUT2D eigenvalue weighted by atomic mass is 16.6. The molecule has 0 aromatic heterocycles. The van der Waals surface area contributed by atoms with Crippen LogP contribution in [0.5, 0.6) is 0 Å². The van der Waals surface area contributed by atoms with Crippen LogP contribution in [0.3, 0.4) is 0 Å². The first-order valence-corrected chi connectivity index (χ1v) is 14.2. The number of hydrogen-bond acceptors (Lipinski definition) is 7. The van der Waals surface area contributed by atoms with E-state index >= 15 is 0 Å². The monoisotopic (exact) mass is 589 g/mol. The molecule has 0 aliphatic heterocycles. The third kappa shape index (κ3) is 10.4. The van der Waals surface area contributed by atoms with E-state index in [9.17, 15) is 14.4 Å².